The Bertz CT molecular complexity index is 786. The van der Waals surface area contributed by atoms with Crippen molar-refractivity contribution in [3.63, 3.8) is 0 Å². The molecule has 0 spiro atoms. The summed E-state index contributed by atoms with van der Waals surface area (Å²) >= 11 is 10.7. The minimum atomic E-state index is 0.500. The molecule has 2 aromatic heterocycles. The number of nitrogens with zero attached hydrogens (tertiary/aromatic N) is 2. The van der Waals surface area contributed by atoms with E-state index in [-0.39, 0.29) is 0 Å². The Morgan fingerprint density at radius 3 is 2.43 bits per heavy atom. The summed E-state index contributed by atoms with van der Waals surface area (Å²) in [5.41, 5.74) is 7.96. The summed E-state index contributed by atoms with van der Waals surface area (Å²) in [6, 6.07) is 12.0. The minimum absolute atomic E-state index is 0.500. The van der Waals surface area contributed by atoms with Gasteiger partial charge in [0.15, 0.2) is 5.82 Å². The first-order chi connectivity index (χ1) is 10.1. The van der Waals surface area contributed by atoms with Gasteiger partial charge < -0.3 is 5.73 Å². The highest BCUT2D eigenvalue weighted by Gasteiger charge is 2.15. The van der Waals surface area contributed by atoms with E-state index in [4.69, 9.17) is 10.7 Å². The summed E-state index contributed by atoms with van der Waals surface area (Å²) in [4.78, 5) is 10.1. The largest absolute Gasteiger partial charge is 0.383 e. The van der Waals surface area contributed by atoms with Gasteiger partial charge in [-0.1, -0.05) is 30.3 Å². The van der Waals surface area contributed by atoms with Crippen LogP contribution in [0.4, 0.5) is 5.82 Å². The molecular weight excluding hydrogens is 529 g/mol. The fraction of sp³-hybridized carbons (Fsp3) is 0. The van der Waals surface area contributed by atoms with Crippen molar-refractivity contribution in [1.29, 1.82) is 0 Å². The van der Waals surface area contributed by atoms with E-state index in [2.05, 4.69) is 59.4 Å². The molecule has 0 fully saturated rings. The van der Waals surface area contributed by atoms with E-state index < -0.39 is 0 Å². The number of hydrogen-bond acceptors (Lipinski definition) is 4. The van der Waals surface area contributed by atoms with Crippen LogP contribution in [-0.2, 0) is 0 Å². The molecule has 0 amide bonds. The minimum Gasteiger partial charge on any atom is -0.383 e. The topological polar surface area (TPSA) is 51.8 Å². The Balaban J connectivity index is 2.18. The van der Waals surface area contributed by atoms with E-state index in [9.17, 15) is 0 Å². The zero-order chi connectivity index (χ0) is 15.0. The summed E-state index contributed by atoms with van der Waals surface area (Å²) in [6.45, 7) is 0. The highest BCUT2D eigenvalue weighted by atomic mass is 127. The molecule has 3 nitrogen and oxygen atoms in total. The quantitative estimate of drug-likeness (QED) is 0.435. The molecule has 0 bridgehead atoms. The average molecular weight is 537 g/mol. The number of anilines is 1. The summed E-state index contributed by atoms with van der Waals surface area (Å²) in [6.07, 6.45) is 0. The Morgan fingerprint density at radius 1 is 1.10 bits per heavy atom. The maximum Gasteiger partial charge on any atom is 0.172 e. The lowest BCUT2D eigenvalue weighted by atomic mass is 10.1. The van der Waals surface area contributed by atoms with Gasteiger partial charge in [0.1, 0.15) is 5.82 Å². The monoisotopic (exact) mass is 535 g/mol. The van der Waals surface area contributed by atoms with Gasteiger partial charge in [0, 0.05) is 10.0 Å². The number of hydrogen-bond donors (Lipinski definition) is 1. The normalized spacial score (nSPS) is 10.8. The van der Waals surface area contributed by atoms with Crippen molar-refractivity contribution >= 4 is 71.6 Å². The number of halogens is 3. The fourth-order valence-corrected chi connectivity index (χ4v) is 4.34. The van der Waals surface area contributed by atoms with Crippen LogP contribution in [0.1, 0.15) is 0 Å². The van der Waals surface area contributed by atoms with Gasteiger partial charge in [-0.2, -0.15) is 0 Å². The van der Waals surface area contributed by atoms with Crippen LogP contribution in [0.15, 0.2) is 44.7 Å². The standard InChI is InChI=1S/C14H8Br2IN3S/c15-8-6-9(21-12(8)16)14-19-11(10(17)13(18)20-14)7-4-2-1-3-5-7/h1-6H,(H2,18,19,20). The van der Waals surface area contributed by atoms with Crippen LogP contribution >= 0.6 is 65.8 Å². The van der Waals surface area contributed by atoms with E-state index in [0.717, 1.165) is 28.0 Å². The van der Waals surface area contributed by atoms with Crippen LogP contribution in [-0.4, -0.2) is 9.97 Å². The van der Waals surface area contributed by atoms with Gasteiger partial charge in [-0.05, 0) is 60.5 Å². The number of benzene rings is 1. The second-order valence-corrected chi connectivity index (χ2v) is 8.50. The smallest absolute Gasteiger partial charge is 0.172 e. The van der Waals surface area contributed by atoms with Crippen LogP contribution in [0.3, 0.4) is 0 Å². The Labute approximate surface area is 156 Å². The van der Waals surface area contributed by atoms with Gasteiger partial charge in [-0.3, -0.25) is 0 Å². The predicted octanol–water partition coefficient (Wildman–Crippen LogP) is 5.58. The molecule has 0 aliphatic heterocycles. The lowest BCUT2D eigenvalue weighted by Crippen LogP contribution is -2.01. The first-order valence-corrected chi connectivity index (χ1v) is 9.38. The molecule has 1 aromatic carbocycles. The van der Waals surface area contributed by atoms with Gasteiger partial charge >= 0.3 is 0 Å². The molecular formula is C14H8Br2IN3S. The van der Waals surface area contributed by atoms with Gasteiger partial charge in [0.05, 0.1) is 17.9 Å². The van der Waals surface area contributed by atoms with Gasteiger partial charge in [0.25, 0.3) is 0 Å². The molecule has 2 N–H and O–H groups in total. The van der Waals surface area contributed by atoms with Crippen molar-refractivity contribution in [3.8, 4) is 22.0 Å². The summed E-state index contributed by atoms with van der Waals surface area (Å²) in [5.74, 6) is 1.14. The molecule has 0 aliphatic carbocycles. The SMILES string of the molecule is Nc1nc(-c2cc(Br)c(Br)s2)nc(-c2ccccc2)c1I. The molecule has 7 heteroatoms. The summed E-state index contributed by atoms with van der Waals surface area (Å²) in [7, 11) is 0. The van der Waals surface area contributed by atoms with E-state index in [1.165, 1.54) is 0 Å². The van der Waals surface area contributed by atoms with E-state index >= 15 is 0 Å². The number of nitrogens with two attached hydrogens (primary N) is 1. The Kier molecular flexibility index (Phi) is 4.63. The first kappa shape index (κ1) is 15.4. The van der Waals surface area contributed by atoms with Crippen molar-refractivity contribution in [2.45, 2.75) is 0 Å². The van der Waals surface area contributed by atoms with Gasteiger partial charge in [0.2, 0.25) is 0 Å². The third-order valence-corrected chi connectivity index (χ3v) is 7.11. The van der Waals surface area contributed by atoms with Crippen molar-refractivity contribution in [3.05, 3.63) is 48.2 Å². The lowest BCUT2D eigenvalue weighted by Gasteiger charge is -2.08. The van der Waals surface area contributed by atoms with Crippen LogP contribution in [0.2, 0.25) is 0 Å². The molecule has 2 heterocycles. The second kappa shape index (κ2) is 6.31. The second-order valence-electron chi connectivity index (χ2n) is 4.19. The highest BCUT2D eigenvalue weighted by Crippen LogP contribution is 2.38. The van der Waals surface area contributed by atoms with E-state index in [1.54, 1.807) is 11.3 Å². The number of nitrogen functional groups attached to an aromatic ring is 1. The van der Waals surface area contributed by atoms with E-state index in [1.807, 2.05) is 36.4 Å². The molecule has 0 aliphatic rings. The van der Waals surface area contributed by atoms with Crippen LogP contribution < -0.4 is 5.73 Å². The third kappa shape index (κ3) is 3.15. The fourth-order valence-electron chi connectivity index (χ4n) is 1.82. The molecule has 0 atom stereocenters. The highest BCUT2D eigenvalue weighted by molar-refractivity contribution is 14.1. The summed E-state index contributed by atoms with van der Waals surface area (Å²) in [5, 5.41) is 0. The maximum absolute atomic E-state index is 6.06. The molecule has 3 rings (SSSR count). The Morgan fingerprint density at radius 2 is 1.81 bits per heavy atom. The predicted molar refractivity (Wildman–Crippen MR) is 103 cm³/mol. The Hall–Kier alpha value is -0.510. The maximum atomic E-state index is 6.06. The van der Waals surface area contributed by atoms with Crippen molar-refractivity contribution < 1.29 is 0 Å². The molecule has 0 saturated heterocycles. The molecule has 0 saturated carbocycles. The van der Waals surface area contributed by atoms with Crippen LogP contribution in [0, 0.1) is 3.57 Å². The van der Waals surface area contributed by atoms with Gasteiger partial charge in [-0.15, -0.1) is 11.3 Å². The number of aromatic nitrogens is 2. The van der Waals surface area contributed by atoms with E-state index in [0.29, 0.717) is 11.6 Å². The molecule has 3 aromatic rings. The third-order valence-electron chi connectivity index (χ3n) is 2.79. The van der Waals surface area contributed by atoms with Crippen molar-refractivity contribution in [1.82, 2.24) is 9.97 Å². The summed E-state index contributed by atoms with van der Waals surface area (Å²) < 4.78 is 2.88. The first-order valence-electron chi connectivity index (χ1n) is 5.90. The molecule has 21 heavy (non-hydrogen) atoms. The van der Waals surface area contributed by atoms with Crippen LogP contribution in [0.25, 0.3) is 22.0 Å². The van der Waals surface area contributed by atoms with Crippen molar-refractivity contribution in [2.75, 3.05) is 5.73 Å². The average Bonchev–Trinajstić information content (AvgIpc) is 2.82. The number of rotatable bonds is 2. The molecule has 0 radical (unpaired) electrons. The zero-order valence-corrected chi connectivity index (χ0v) is 16.6. The van der Waals surface area contributed by atoms with Gasteiger partial charge in [-0.25, -0.2) is 9.97 Å². The molecule has 106 valence electrons. The van der Waals surface area contributed by atoms with Crippen molar-refractivity contribution in [2.24, 2.45) is 0 Å². The number of thiophene rings is 1. The molecule has 0 unspecified atom stereocenters. The van der Waals surface area contributed by atoms with Crippen LogP contribution in [0.5, 0.6) is 0 Å². The lowest BCUT2D eigenvalue weighted by molar-refractivity contribution is 1.18. The zero-order valence-electron chi connectivity index (χ0n) is 10.5.